The number of para-hydroxylation sites is 6. The highest BCUT2D eigenvalue weighted by Crippen LogP contribution is 2.51. The molecule has 9 aromatic heterocycles. The van der Waals surface area contributed by atoms with E-state index in [4.69, 9.17) is 0 Å². The Morgan fingerprint density at radius 2 is 0.403 bits per heavy atom. The normalized spacial score (nSPS) is 12.2. The van der Waals surface area contributed by atoms with Gasteiger partial charge >= 0.3 is 0 Å². The van der Waals surface area contributed by atoms with Crippen LogP contribution in [0.15, 0.2) is 437 Å². The quantitative estimate of drug-likeness (QED) is 0.152. The molecule has 20 aromatic carbocycles. The van der Waals surface area contributed by atoms with Crippen molar-refractivity contribution >= 4 is 190 Å². The summed E-state index contributed by atoms with van der Waals surface area (Å²) in [6.07, 6.45) is 0. The van der Waals surface area contributed by atoms with Crippen LogP contribution in [-0.4, -0.2) is 26.9 Å². The summed E-state index contributed by atoms with van der Waals surface area (Å²) >= 11 is 0. The number of benzene rings is 20. The van der Waals surface area contributed by atoms with Crippen LogP contribution in [-0.2, 0) is 0 Å². The van der Waals surface area contributed by atoms with Gasteiger partial charge in [0.15, 0.2) is 0 Å². The number of hydrogen-bond donors (Lipinski definition) is 0. The molecule has 0 aliphatic rings. The summed E-state index contributed by atoms with van der Waals surface area (Å²) in [4.78, 5) is 0. The van der Waals surface area contributed by atoms with Crippen molar-refractivity contribution < 1.29 is 0 Å². The van der Waals surface area contributed by atoms with E-state index in [0.29, 0.717) is 0 Å². The molecule has 29 rings (SSSR count). The van der Waals surface area contributed by atoms with Gasteiger partial charge in [0, 0.05) is 97.4 Å². The van der Waals surface area contributed by atoms with Crippen LogP contribution in [0.3, 0.4) is 0 Å². The molecule has 0 amide bonds. The van der Waals surface area contributed by atoms with Gasteiger partial charge in [-0.15, -0.1) is 0 Å². The van der Waals surface area contributed by atoms with Crippen molar-refractivity contribution in [2.24, 2.45) is 0 Å². The van der Waals surface area contributed by atoms with Gasteiger partial charge in [-0.3, -0.25) is 0 Å². The minimum absolute atomic E-state index is 1.18. The highest BCUT2D eigenvalue weighted by Gasteiger charge is 2.29. The minimum Gasteiger partial charge on any atom is -0.309 e. The first-order valence-electron chi connectivity index (χ1n) is 42.9. The lowest BCUT2D eigenvalue weighted by molar-refractivity contribution is 1.18. The highest BCUT2D eigenvalue weighted by molar-refractivity contribution is 6.37. The van der Waals surface area contributed by atoms with Gasteiger partial charge in [0.2, 0.25) is 0 Å². The first kappa shape index (κ1) is 68.4. The molecule has 0 saturated carbocycles. The van der Waals surface area contributed by atoms with Gasteiger partial charge in [0.25, 0.3) is 0 Å². The molecule has 0 aliphatic carbocycles. The molecule has 0 fully saturated rings. The first-order valence-corrected chi connectivity index (χ1v) is 42.9. The van der Waals surface area contributed by atoms with E-state index in [2.05, 4.69) is 464 Å². The summed E-state index contributed by atoms with van der Waals surface area (Å²) in [7, 11) is 0. The molecule has 0 N–H and O–H groups in total. The number of hydrogen-bond acceptors (Lipinski definition) is 0. The lowest BCUT2D eigenvalue weighted by Gasteiger charge is -2.16. The van der Waals surface area contributed by atoms with Crippen molar-refractivity contribution in [2.45, 2.75) is 0 Å². The molecule has 0 saturated heterocycles. The Morgan fingerprint density at radius 1 is 0.129 bits per heavy atom. The lowest BCUT2D eigenvalue weighted by atomic mass is 9.97. The zero-order valence-corrected chi connectivity index (χ0v) is 67.3. The van der Waals surface area contributed by atoms with Gasteiger partial charge < -0.3 is 26.9 Å². The summed E-state index contributed by atoms with van der Waals surface area (Å²) in [6.45, 7) is 0. The fourth-order valence-electron chi connectivity index (χ4n) is 21.9. The van der Waals surface area contributed by atoms with E-state index in [0.717, 1.165) is 0 Å². The molecule has 6 heteroatoms. The van der Waals surface area contributed by atoms with Gasteiger partial charge in [-0.2, -0.15) is 0 Å². The van der Waals surface area contributed by atoms with E-state index in [1.54, 1.807) is 0 Å². The zero-order chi connectivity index (χ0) is 80.9. The fourth-order valence-corrected chi connectivity index (χ4v) is 21.9. The molecule has 0 aliphatic heterocycles. The van der Waals surface area contributed by atoms with E-state index < -0.39 is 0 Å². The Balaban J connectivity index is 0.0000000975. The summed E-state index contributed by atoms with van der Waals surface area (Å²) in [6, 6.07) is 160. The van der Waals surface area contributed by atoms with E-state index in [1.165, 1.54) is 252 Å². The SMILES string of the molecule is c1ccc(-c2ccc(-n3c4cccc5c6ccccc6n6c7ccccc7c7ccc3c(c54)c76)c(-c3ccccc3)c2)cc1.c1ccc(-c2ccc(-n3c4cccc5c6ccccc6n6c7ccccc7c7ccc3c(c54)c76)c3ccccc23)cc1.c1ccc(-c2ccc(-n3c4cccc5c6ccccc6n6c7ccccc7c7ccc3c(c54)c76)cc2)cc1. The molecule has 0 radical (unpaired) electrons. The summed E-state index contributed by atoms with van der Waals surface area (Å²) < 4.78 is 14.9. The number of aromatic nitrogens is 6. The molecular formula is C118H72N6. The Bertz CT molecular complexity index is 9410. The van der Waals surface area contributed by atoms with E-state index >= 15 is 0 Å². The number of rotatable bonds is 7. The van der Waals surface area contributed by atoms with Gasteiger partial charge in [0.1, 0.15) is 0 Å². The molecule has 0 bridgehead atoms. The molecule has 0 spiro atoms. The average molecular weight is 1570 g/mol. The zero-order valence-electron chi connectivity index (χ0n) is 67.3. The fraction of sp³-hybridized carbons (Fsp3) is 0. The van der Waals surface area contributed by atoms with E-state index in [9.17, 15) is 0 Å². The summed E-state index contributed by atoms with van der Waals surface area (Å²) in [5.41, 5.74) is 32.1. The maximum Gasteiger partial charge on any atom is 0.0641 e. The van der Waals surface area contributed by atoms with Gasteiger partial charge in [-0.05, 0) is 164 Å². The second kappa shape index (κ2) is 26.5. The van der Waals surface area contributed by atoms with Crippen LogP contribution >= 0.6 is 0 Å². The van der Waals surface area contributed by atoms with Crippen LogP contribution in [0.4, 0.5) is 0 Å². The van der Waals surface area contributed by atoms with Crippen molar-refractivity contribution in [3.05, 3.63) is 437 Å². The Hall–Kier alpha value is -16.5. The minimum atomic E-state index is 1.18. The molecule has 124 heavy (non-hydrogen) atoms. The predicted octanol–water partition coefficient (Wildman–Crippen LogP) is 31.6. The van der Waals surface area contributed by atoms with Gasteiger partial charge in [0.05, 0.1) is 94.1 Å². The average Bonchev–Trinajstić information content (AvgIpc) is 1.53. The number of nitrogens with zero attached hydrogens (tertiary/aromatic N) is 6. The maximum atomic E-state index is 2.50. The van der Waals surface area contributed by atoms with Crippen LogP contribution in [0, 0.1) is 0 Å². The van der Waals surface area contributed by atoms with Crippen molar-refractivity contribution in [1.29, 1.82) is 0 Å². The van der Waals surface area contributed by atoms with Gasteiger partial charge in [-0.25, -0.2) is 0 Å². The highest BCUT2D eigenvalue weighted by atomic mass is 15.0. The Kier molecular flexibility index (Phi) is 14.6. The molecular weight excluding hydrogens is 1500 g/mol. The van der Waals surface area contributed by atoms with Gasteiger partial charge in [-0.1, -0.05) is 334 Å². The third-order valence-electron chi connectivity index (χ3n) is 27.0. The maximum absolute atomic E-state index is 2.50. The van der Waals surface area contributed by atoms with Crippen LogP contribution < -0.4 is 0 Å². The van der Waals surface area contributed by atoms with E-state index in [-0.39, 0.29) is 0 Å². The summed E-state index contributed by atoms with van der Waals surface area (Å²) in [5, 5.41) is 25.9. The monoisotopic (exact) mass is 1570 g/mol. The van der Waals surface area contributed by atoms with Crippen molar-refractivity contribution in [3.8, 4) is 61.6 Å². The first-order chi connectivity index (χ1) is 61.6. The third kappa shape index (κ3) is 9.64. The molecule has 6 nitrogen and oxygen atoms in total. The molecule has 29 aromatic rings. The summed E-state index contributed by atoms with van der Waals surface area (Å²) in [5.74, 6) is 0. The third-order valence-corrected chi connectivity index (χ3v) is 27.0. The van der Waals surface area contributed by atoms with Crippen molar-refractivity contribution in [3.63, 3.8) is 0 Å². The van der Waals surface area contributed by atoms with Crippen molar-refractivity contribution in [2.75, 3.05) is 0 Å². The molecule has 574 valence electrons. The second-order valence-corrected chi connectivity index (χ2v) is 33.2. The molecule has 0 unspecified atom stereocenters. The molecule has 9 heterocycles. The van der Waals surface area contributed by atoms with Crippen LogP contribution in [0.1, 0.15) is 0 Å². The lowest BCUT2D eigenvalue weighted by Crippen LogP contribution is -1.98. The standard InChI is InChI=1S/C42H26N2.C40H24N2.C36H22N2/c1-3-12-27(13-4-1)29-22-24-37(34(26-29)28-14-5-2-6-15-28)43-38-21-11-18-32-30-16-7-9-19-35(30)44-36-20-10-8-17-31(36)33-23-25-39(43)41(40(32)38)42(33)44;1-2-11-25(12-3-1)26-21-23-35(28-14-5-4-13-27(26)28)41-36-20-10-17-31-29-15-6-8-18-33(29)42-34-19-9-7-16-30(34)32-22-24-37(41)39(38(31)36)40(32)42;1-2-9-23(10-3-1)24-17-19-25(20-18-24)37-32-16-8-13-28-26-11-4-6-14-30(26)38-31-15-7-5-12-27(31)29-21-22-33(37)35(34(28)32)36(29)38/h1-26H;1-24H;1-22H. The van der Waals surface area contributed by atoms with Crippen LogP contribution in [0.25, 0.3) is 252 Å². The van der Waals surface area contributed by atoms with Crippen LogP contribution in [0.5, 0.6) is 0 Å². The Morgan fingerprint density at radius 3 is 0.815 bits per heavy atom. The van der Waals surface area contributed by atoms with Crippen LogP contribution in [0.2, 0.25) is 0 Å². The number of fused-ring (bicyclic) bond motifs is 19. The van der Waals surface area contributed by atoms with E-state index in [1.807, 2.05) is 0 Å². The Labute approximate surface area is 710 Å². The van der Waals surface area contributed by atoms with Crippen molar-refractivity contribution in [1.82, 2.24) is 26.9 Å². The second-order valence-electron chi connectivity index (χ2n) is 33.2. The molecule has 0 atom stereocenters. The smallest absolute Gasteiger partial charge is 0.0641 e. The predicted molar refractivity (Wildman–Crippen MR) is 526 cm³/mol. The largest absolute Gasteiger partial charge is 0.309 e. The topological polar surface area (TPSA) is 28.0 Å².